The highest BCUT2D eigenvalue weighted by Gasteiger charge is 2.27. The van der Waals surface area contributed by atoms with E-state index in [0.717, 1.165) is 31.7 Å². The van der Waals surface area contributed by atoms with Crippen molar-refractivity contribution >= 4 is 16.9 Å². The highest BCUT2D eigenvalue weighted by atomic mass is 19.1. The summed E-state index contributed by atoms with van der Waals surface area (Å²) in [7, 11) is 0. The fourth-order valence-electron chi connectivity index (χ4n) is 4.22. The molecule has 2 saturated carbocycles. The maximum atomic E-state index is 14.9. The zero-order valence-electron chi connectivity index (χ0n) is 16.3. The number of carboxylic acid groups (broad SMARTS) is 1. The van der Waals surface area contributed by atoms with Crippen LogP contribution >= 0.6 is 0 Å². The Morgan fingerprint density at radius 2 is 1.97 bits per heavy atom. The Bertz CT molecular complexity index is 1190. The van der Waals surface area contributed by atoms with Gasteiger partial charge in [-0.1, -0.05) is 18.1 Å². The minimum atomic E-state index is -1.31. The topological polar surface area (TPSA) is 102 Å². The van der Waals surface area contributed by atoms with Gasteiger partial charge in [-0.25, -0.2) is 13.9 Å². The van der Waals surface area contributed by atoms with E-state index in [1.807, 2.05) is 0 Å². The average Bonchev–Trinajstić information content (AvgIpc) is 3.23. The van der Waals surface area contributed by atoms with Crippen LogP contribution in [-0.4, -0.2) is 36.7 Å². The second-order valence-electron chi connectivity index (χ2n) is 8.15. The first kappa shape index (κ1) is 18.9. The molecule has 1 aromatic carbocycles. The van der Waals surface area contributed by atoms with Crippen LogP contribution in [0, 0.1) is 5.82 Å². The highest BCUT2D eigenvalue weighted by Crippen LogP contribution is 2.37. The van der Waals surface area contributed by atoms with Crippen LogP contribution in [0.4, 0.5) is 4.39 Å². The number of nitrogens with one attached hydrogen (secondary N) is 1. The molecule has 0 atom stereocenters. The number of hydrogen-bond acceptors (Lipinski definition) is 5. The van der Waals surface area contributed by atoms with Crippen molar-refractivity contribution in [3.05, 3.63) is 51.8 Å². The van der Waals surface area contributed by atoms with E-state index in [1.54, 1.807) is 16.8 Å². The highest BCUT2D eigenvalue weighted by molar-refractivity contribution is 5.93. The van der Waals surface area contributed by atoms with Gasteiger partial charge in [0.05, 0.1) is 17.4 Å². The van der Waals surface area contributed by atoms with E-state index < -0.39 is 17.2 Å². The summed E-state index contributed by atoms with van der Waals surface area (Å²) in [6, 6.07) is 3.27. The number of aromatic nitrogens is 4. The summed E-state index contributed by atoms with van der Waals surface area (Å²) in [5.41, 5.74) is 0.369. The van der Waals surface area contributed by atoms with E-state index in [1.165, 1.54) is 23.7 Å². The van der Waals surface area contributed by atoms with E-state index >= 15 is 0 Å². The molecule has 5 rings (SSSR count). The van der Waals surface area contributed by atoms with Crippen molar-refractivity contribution in [2.45, 2.75) is 57.2 Å². The zero-order valence-corrected chi connectivity index (χ0v) is 16.3. The van der Waals surface area contributed by atoms with E-state index in [0.29, 0.717) is 23.8 Å². The third-order valence-corrected chi connectivity index (χ3v) is 5.99. The van der Waals surface area contributed by atoms with Gasteiger partial charge in [0.2, 0.25) is 5.43 Å². The molecule has 0 radical (unpaired) electrons. The van der Waals surface area contributed by atoms with Crippen molar-refractivity contribution in [1.29, 1.82) is 0 Å². The molecule has 2 aliphatic carbocycles. The third-order valence-electron chi connectivity index (χ3n) is 5.99. The molecule has 2 N–H and O–H groups in total. The van der Waals surface area contributed by atoms with E-state index in [4.69, 9.17) is 0 Å². The fraction of sp³-hybridized carbons (Fsp3) is 0.429. The van der Waals surface area contributed by atoms with Crippen LogP contribution < -0.4 is 10.7 Å². The van der Waals surface area contributed by atoms with Crippen LogP contribution in [0.15, 0.2) is 29.3 Å². The molecule has 3 aromatic rings. The van der Waals surface area contributed by atoms with Crippen LogP contribution in [0.2, 0.25) is 0 Å². The molecule has 2 aromatic heterocycles. The molecule has 156 valence electrons. The van der Waals surface area contributed by atoms with Gasteiger partial charge in [-0.05, 0) is 37.8 Å². The standard InChI is InChI=1S/C21H22FN5O3/c22-17-7-15-18(26(14-5-6-14)11-16(20(15)28)21(29)30)8-19(17)27-10-13(24-25-27)9-23-12-3-1-2-4-12/h7-8,10-12,14,23H,1-6,9H2,(H,29,30). The normalized spacial score (nSPS) is 17.1. The Morgan fingerprint density at radius 3 is 2.67 bits per heavy atom. The minimum absolute atomic E-state index is 0.0614. The van der Waals surface area contributed by atoms with E-state index in [2.05, 4.69) is 15.6 Å². The first-order chi connectivity index (χ1) is 14.5. The monoisotopic (exact) mass is 411 g/mol. The van der Waals surface area contributed by atoms with Crippen LogP contribution in [0.5, 0.6) is 0 Å². The summed E-state index contributed by atoms with van der Waals surface area (Å²) < 4.78 is 18.0. The molecule has 2 heterocycles. The summed E-state index contributed by atoms with van der Waals surface area (Å²) in [6.07, 6.45) is 9.61. The Hall–Kier alpha value is -3.07. The second kappa shape index (κ2) is 7.32. The van der Waals surface area contributed by atoms with Gasteiger partial charge >= 0.3 is 5.97 Å². The van der Waals surface area contributed by atoms with Gasteiger partial charge in [0.1, 0.15) is 17.1 Å². The zero-order chi connectivity index (χ0) is 20.8. The molecule has 0 amide bonds. The largest absolute Gasteiger partial charge is 0.477 e. The summed E-state index contributed by atoms with van der Waals surface area (Å²) in [4.78, 5) is 24.0. The van der Waals surface area contributed by atoms with Crippen molar-refractivity contribution in [1.82, 2.24) is 24.9 Å². The van der Waals surface area contributed by atoms with Gasteiger partial charge in [0.25, 0.3) is 0 Å². The predicted molar refractivity (Wildman–Crippen MR) is 107 cm³/mol. The smallest absolute Gasteiger partial charge is 0.341 e. The van der Waals surface area contributed by atoms with Gasteiger partial charge in [0.15, 0.2) is 0 Å². The lowest BCUT2D eigenvalue weighted by Crippen LogP contribution is -2.25. The number of aromatic carboxylic acids is 1. The van der Waals surface area contributed by atoms with Gasteiger partial charge < -0.3 is 15.0 Å². The molecular weight excluding hydrogens is 389 g/mol. The van der Waals surface area contributed by atoms with Gasteiger partial charge in [-0.3, -0.25) is 4.79 Å². The molecule has 0 unspecified atom stereocenters. The molecule has 2 fully saturated rings. The molecule has 0 spiro atoms. The van der Waals surface area contributed by atoms with Crippen molar-refractivity contribution in [3.63, 3.8) is 0 Å². The quantitative estimate of drug-likeness (QED) is 0.647. The van der Waals surface area contributed by atoms with Gasteiger partial charge in [0, 0.05) is 30.2 Å². The molecule has 8 nitrogen and oxygen atoms in total. The lowest BCUT2D eigenvalue weighted by molar-refractivity contribution is 0.0695. The van der Waals surface area contributed by atoms with E-state index in [-0.39, 0.29) is 22.7 Å². The summed E-state index contributed by atoms with van der Waals surface area (Å²) in [5, 5.41) is 21.1. The maximum absolute atomic E-state index is 14.9. The Balaban J connectivity index is 1.53. The number of nitrogens with zero attached hydrogens (tertiary/aromatic N) is 4. The van der Waals surface area contributed by atoms with Crippen LogP contribution in [0.3, 0.4) is 0 Å². The SMILES string of the molecule is O=C(O)c1cn(C2CC2)c2cc(-n3cc(CNC4CCCC4)nn3)c(F)cc2c1=O. The predicted octanol–water partition coefficient (Wildman–Crippen LogP) is 2.79. The van der Waals surface area contributed by atoms with E-state index in [9.17, 15) is 19.1 Å². The fourth-order valence-corrected chi connectivity index (χ4v) is 4.22. The molecular formula is C21H22FN5O3. The number of hydrogen-bond donors (Lipinski definition) is 2. The number of benzene rings is 1. The minimum Gasteiger partial charge on any atom is -0.477 e. The van der Waals surface area contributed by atoms with Crippen molar-refractivity contribution < 1.29 is 14.3 Å². The Morgan fingerprint density at radius 1 is 1.20 bits per heavy atom. The first-order valence-electron chi connectivity index (χ1n) is 10.3. The van der Waals surface area contributed by atoms with Crippen molar-refractivity contribution in [2.24, 2.45) is 0 Å². The number of carboxylic acids is 1. The molecule has 0 saturated heterocycles. The summed E-state index contributed by atoms with van der Waals surface area (Å²) >= 11 is 0. The van der Waals surface area contributed by atoms with Crippen molar-refractivity contribution in [2.75, 3.05) is 0 Å². The van der Waals surface area contributed by atoms with Gasteiger partial charge in [-0.2, -0.15) is 0 Å². The van der Waals surface area contributed by atoms with Gasteiger partial charge in [-0.15, -0.1) is 5.10 Å². The lowest BCUT2D eigenvalue weighted by Gasteiger charge is -2.13. The number of fused-ring (bicyclic) bond motifs is 1. The molecule has 0 aliphatic heterocycles. The molecule has 0 bridgehead atoms. The summed E-state index contributed by atoms with van der Waals surface area (Å²) in [6.45, 7) is 0.564. The lowest BCUT2D eigenvalue weighted by atomic mass is 10.1. The molecule has 2 aliphatic rings. The Kier molecular flexibility index (Phi) is 4.62. The van der Waals surface area contributed by atoms with Crippen molar-refractivity contribution in [3.8, 4) is 5.69 Å². The Labute approximate surface area is 171 Å². The number of carbonyl (C=O) groups is 1. The first-order valence-corrected chi connectivity index (χ1v) is 10.3. The second-order valence-corrected chi connectivity index (χ2v) is 8.15. The van der Waals surface area contributed by atoms with Crippen LogP contribution in [-0.2, 0) is 6.54 Å². The number of halogens is 1. The summed E-state index contributed by atoms with van der Waals surface area (Å²) in [5.74, 6) is -1.96. The number of rotatable bonds is 6. The average molecular weight is 411 g/mol. The third kappa shape index (κ3) is 3.39. The molecule has 30 heavy (non-hydrogen) atoms. The number of pyridine rings is 1. The van der Waals surface area contributed by atoms with Crippen LogP contribution in [0.1, 0.15) is 60.6 Å². The maximum Gasteiger partial charge on any atom is 0.341 e. The van der Waals surface area contributed by atoms with Crippen LogP contribution in [0.25, 0.3) is 16.6 Å². The molecule has 9 heteroatoms.